The molecule has 2 aliphatic heterocycles. The number of carbonyl (C=O) groups excluding carboxylic acids is 3. The summed E-state index contributed by atoms with van der Waals surface area (Å²) in [4.78, 5) is 47.8. The number of hydrogen-bond donors (Lipinski definition) is 2. The molecule has 246 valence electrons. The molecule has 2 saturated heterocycles. The average Bonchev–Trinajstić information content (AvgIpc) is 2.99. The van der Waals surface area contributed by atoms with Gasteiger partial charge >= 0.3 is 6.03 Å². The molecule has 9 heteroatoms. The van der Waals surface area contributed by atoms with Gasteiger partial charge in [0.1, 0.15) is 11.9 Å². The first kappa shape index (κ1) is 34.2. The number of nitrogens with zero attached hydrogens (tertiary/aromatic N) is 3. The minimum absolute atomic E-state index is 0.121. The van der Waals surface area contributed by atoms with Gasteiger partial charge in [-0.15, -0.1) is 0 Å². The van der Waals surface area contributed by atoms with Gasteiger partial charge in [0, 0.05) is 57.3 Å². The van der Waals surface area contributed by atoms with Crippen LogP contribution in [0.3, 0.4) is 0 Å². The fourth-order valence-corrected chi connectivity index (χ4v) is 7.80. The fourth-order valence-electron chi connectivity index (χ4n) is 7.80. The van der Waals surface area contributed by atoms with Crippen LogP contribution in [0.1, 0.15) is 92.1 Å². The van der Waals surface area contributed by atoms with Crippen LogP contribution in [-0.2, 0) is 16.0 Å². The number of benzene rings is 1. The molecule has 1 saturated carbocycles. The zero-order valence-corrected chi connectivity index (χ0v) is 27.9. The van der Waals surface area contributed by atoms with Gasteiger partial charge in [0.2, 0.25) is 11.8 Å². The molecule has 2 N–H and O–H groups in total. The van der Waals surface area contributed by atoms with Crippen LogP contribution in [0.5, 0.6) is 0 Å². The maximum absolute atomic E-state index is 14.5. The number of nitrogens with one attached hydrogen (secondary N) is 2. The summed E-state index contributed by atoms with van der Waals surface area (Å²) in [6.45, 7) is 15.5. The van der Waals surface area contributed by atoms with Crippen molar-refractivity contribution in [3.63, 3.8) is 0 Å². The Morgan fingerprint density at radius 1 is 0.955 bits per heavy atom. The highest BCUT2D eigenvalue weighted by Gasteiger charge is 2.50. The highest BCUT2D eigenvalue weighted by Crippen LogP contribution is 2.47. The molecule has 0 spiro atoms. The lowest BCUT2D eigenvalue weighted by atomic mass is 9.62. The maximum Gasteiger partial charge on any atom is 0.318 e. The van der Waals surface area contributed by atoms with Crippen LogP contribution in [0.15, 0.2) is 24.3 Å². The third kappa shape index (κ3) is 8.32. The fraction of sp³-hybridized carbons (Fsp3) is 0.743. The number of hydrogen-bond acceptors (Lipinski definition) is 4. The third-order valence-electron chi connectivity index (χ3n) is 10.0. The van der Waals surface area contributed by atoms with Gasteiger partial charge in [-0.2, -0.15) is 0 Å². The number of carbonyl (C=O) groups is 3. The summed E-state index contributed by atoms with van der Waals surface area (Å²) < 4.78 is 13.7. The molecule has 2 heterocycles. The Kier molecular flexibility index (Phi) is 11.7. The number of likely N-dealkylation sites (tertiary alicyclic amines) is 1. The van der Waals surface area contributed by atoms with Crippen LogP contribution < -0.4 is 10.6 Å². The van der Waals surface area contributed by atoms with Crippen molar-refractivity contribution in [2.24, 2.45) is 17.3 Å². The van der Waals surface area contributed by atoms with Crippen LogP contribution in [-0.4, -0.2) is 89.4 Å². The summed E-state index contributed by atoms with van der Waals surface area (Å²) in [5.41, 5.74) is 0.330. The van der Waals surface area contributed by atoms with E-state index < -0.39 is 11.5 Å². The molecule has 3 fully saturated rings. The zero-order chi connectivity index (χ0) is 32.0. The van der Waals surface area contributed by atoms with E-state index in [0.29, 0.717) is 50.9 Å². The predicted octanol–water partition coefficient (Wildman–Crippen LogP) is 5.21. The monoisotopic (exact) mass is 613 g/mol. The number of rotatable bonds is 9. The Labute approximate surface area is 264 Å². The van der Waals surface area contributed by atoms with Crippen molar-refractivity contribution in [1.82, 2.24) is 25.3 Å². The van der Waals surface area contributed by atoms with Gasteiger partial charge in [0.25, 0.3) is 0 Å². The molecule has 8 nitrogen and oxygen atoms in total. The van der Waals surface area contributed by atoms with E-state index in [0.717, 1.165) is 37.8 Å². The second-order valence-corrected chi connectivity index (χ2v) is 14.5. The maximum atomic E-state index is 14.5. The van der Waals surface area contributed by atoms with E-state index in [1.165, 1.54) is 18.6 Å². The van der Waals surface area contributed by atoms with Crippen molar-refractivity contribution in [3.8, 4) is 0 Å². The molecule has 3 atom stereocenters. The van der Waals surface area contributed by atoms with E-state index in [-0.39, 0.29) is 48.2 Å². The third-order valence-corrected chi connectivity index (χ3v) is 10.0. The first-order valence-corrected chi connectivity index (χ1v) is 17.1. The molecule has 0 radical (unpaired) electrons. The lowest BCUT2D eigenvalue weighted by Crippen LogP contribution is -2.61. The van der Waals surface area contributed by atoms with Crippen molar-refractivity contribution < 1.29 is 18.8 Å². The zero-order valence-electron chi connectivity index (χ0n) is 27.9. The summed E-state index contributed by atoms with van der Waals surface area (Å²) in [7, 11) is 0. The topological polar surface area (TPSA) is 85.0 Å². The Hall–Kier alpha value is -2.68. The van der Waals surface area contributed by atoms with Crippen LogP contribution in [0, 0.1) is 23.1 Å². The largest absolute Gasteiger partial charge is 0.341 e. The molecule has 3 aliphatic rings. The van der Waals surface area contributed by atoms with Gasteiger partial charge in [-0.3, -0.25) is 9.59 Å². The van der Waals surface area contributed by atoms with E-state index in [4.69, 9.17) is 0 Å². The first-order valence-electron chi connectivity index (χ1n) is 17.1. The lowest BCUT2D eigenvalue weighted by Gasteiger charge is -2.50. The van der Waals surface area contributed by atoms with Gasteiger partial charge in [-0.05, 0) is 82.9 Å². The van der Waals surface area contributed by atoms with Crippen LogP contribution >= 0.6 is 0 Å². The quantitative estimate of drug-likeness (QED) is 0.401. The summed E-state index contributed by atoms with van der Waals surface area (Å²) in [6, 6.07) is 5.53. The Morgan fingerprint density at radius 3 is 2.09 bits per heavy atom. The molecule has 1 unspecified atom stereocenters. The molecule has 0 aromatic heterocycles. The molecular formula is C35H56FN5O3. The molecule has 44 heavy (non-hydrogen) atoms. The highest BCUT2D eigenvalue weighted by atomic mass is 19.1. The standard InChI is InChI=1S/C35H56FN5O3/c1-24(2)21-41(25(3)4)33(43)35(29-10-8-7-9-11-29)16-18-39(19-17-35)32(42)31(20-28-12-14-30(36)15-13-28)38-34(44)40-22-26(5)37-27(6)23-40/h12-15,24-27,29,31,37H,7-11,16-23H2,1-6H3,(H,38,44)/t26-,27?,31-/m1/s1. The molecular weight excluding hydrogens is 557 g/mol. The van der Waals surface area contributed by atoms with E-state index in [9.17, 15) is 18.8 Å². The lowest BCUT2D eigenvalue weighted by molar-refractivity contribution is -0.156. The van der Waals surface area contributed by atoms with E-state index >= 15 is 0 Å². The number of halogens is 1. The first-order chi connectivity index (χ1) is 20.9. The SMILES string of the molecule is CC(C)CN(C(=O)C1(C2CCCCC2)CCN(C(=O)[C@@H](Cc2ccc(F)cc2)NC(=O)N2CC(C)N[C@H](C)C2)CC1)C(C)C. The molecule has 1 aromatic carbocycles. The summed E-state index contributed by atoms with van der Waals surface area (Å²) >= 11 is 0. The van der Waals surface area contributed by atoms with Gasteiger partial charge in [0.05, 0.1) is 5.41 Å². The Morgan fingerprint density at radius 2 is 1.55 bits per heavy atom. The number of amides is 4. The molecule has 0 bridgehead atoms. The van der Waals surface area contributed by atoms with Gasteiger partial charge in [-0.25, -0.2) is 9.18 Å². The van der Waals surface area contributed by atoms with Gasteiger partial charge in [0.15, 0.2) is 0 Å². The van der Waals surface area contributed by atoms with E-state index in [2.05, 4.69) is 43.2 Å². The summed E-state index contributed by atoms with van der Waals surface area (Å²) in [5.74, 6) is 0.506. The molecule has 4 amide bonds. The van der Waals surface area contributed by atoms with Gasteiger partial charge in [-0.1, -0.05) is 45.2 Å². The Bertz CT molecular complexity index is 1100. The van der Waals surface area contributed by atoms with Crippen molar-refractivity contribution >= 4 is 17.8 Å². The molecule has 1 aromatic rings. The smallest absolute Gasteiger partial charge is 0.318 e. The normalized spacial score (nSPS) is 23.5. The Balaban J connectivity index is 1.54. The predicted molar refractivity (Wildman–Crippen MR) is 173 cm³/mol. The minimum atomic E-state index is -0.778. The average molecular weight is 614 g/mol. The van der Waals surface area contributed by atoms with Crippen molar-refractivity contribution in [3.05, 3.63) is 35.6 Å². The molecule has 4 rings (SSSR count). The van der Waals surface area contributed by atoms with Crippen molar-refractivity contribution in [2.45, 2.75) is 117 Å². The number of urea groups is 1. The second kappa shape index (κ2) is 15.1. The highest BCUT2D eigenvalue weighted by molar-refractivity contribution is 5.88. The minimum Gasteiger partial charge on any atom is -0.341 e. The van der Waals surface area contributed by atoms with Crippen molar-refractivity contribution in [1.29, 1.82) is 0 Å². The van der Waals surface area contributed by atoms with Crippen LogP contribution in [0.4, 0.5) is 9.18 Å². The van der Waals surface area contributed by atoms with Crippen molar-refractivity contribution in [2.75, 3.05) is 32.7 Å². The van der Waals surface area contributed by atoms with E-state index in [1.807, 2.05) is 18.7 Å². The number of piperidine rings is 1. The van der Waals surface area contributed by atoms with Crippen LogP contribution in [0.2, 0.25) is 0 Å². The van der Waals surface area contributed by atoms with Gasteiger partial charge < -0.3 is 25.3 Å². The number of piperazine rings is 1. The van der Waals surface area contributed by atoms with Crippen LogP contribution in [0.25, 0.3) is 0 Å². The summed E-state index contributed by atoms with van der Waals surface area (Å²) in [5, 5.41) is 6.49. The van der Waals surface area contributed by atoms with E-state index in [1.54, 1.807) is 17.0 Å². The summed E-state index contributed by atoms with van der Waals surface area (Å²) in [6.07, 6.45) is 7.24. The second-order valence-electron chi connectivity index (χ2n) is 14.5. The molecule has 1 aliphatic carbocycles.